The van der Waals surface area contributed by atoms with Crippen LogP contribution in [0.5, 0.6) is 11.5 Å². The lowest BCUT2D eigenvalue weighted by molar-refractivity contribution is -0.147. The maximum atomic E-state index is 12.5. The first-order chi connectivity index (χ1) is 13.4. The van der Waals surface area contributed by atoms with Gasteiger partial charge >= 0.3 is 5.97 Å². The molecule has 1 aliphatic rings. The predicted molar refractivity (Wildman–Crippen MR) is 106 cm³/mol. The molecule has 1 saturated heterocycles. The highest BCUT2D eigenvalue weighted by Crippen LogP contribution is 2.31. The number of ketones is 1. The van der Waals surface area contributed by atoms with Crippen molar-refractivity contribution >= 4 is 11.8 Å². The third kappa shape index (κ3) is 6.51. The maximum Gasteiger partial charge on any atom is 0.306 e. The summed E-state index contributed by atoms with van der Waals surface area (Å²) in [6, 6.07) is 5.90. The summed E-state index contributed by atoms with van der Waals surface area (Å²) < 4.78 is 21.4. The summed E-state index contributed by atoms with van der Waals surface area (Å²) in [5.74, 6) is 1.64. The van der Waals surface area contributed by atoms with E-state index in [1.54, 1.807) is 14.2 Å². The van der Waals surface area contributed by atoms with E-state index in [4.69, 9.17) is 18.9 Å². The van der Waals surface area contributed by atoms with E-state index in [2.05, 4.69) is 13.8 Å². The Kier molecular flexibility index (Phi) is 8.77. The third-order valence-corrected chi connectivity index (χ3v) is 5.13. The Morgan fingerprint density at radius 3 is 2.61 bits per heavy atom. The molecule has 156 valence electrons. The van der Waals surface area contributed by atoms with Crippen LogP contribution in [0.4, 0.5) is 0 Å². The van der Waals surface area contributed by atoms with Crippen molar-refractivity contribution in [3.05, 3.63) is 23.8 Å². The standard InChI is InChI=1S/C22H32O6/c1-15(2)17(14-18(23)19-8-9-22(24)28-19)12-16-6-7-20(26-4)21(13-16)27-11-5-10-25-3/h6-7,13,15,17,19H,5,8-12,14H2,1-4H3. The molecule has 1 fully saturated rings. The molecule has 6 heteroatoms. The monoisotopic (exact) mass is 392 g/mol. The molecule has 2 rings (SSSR count). The van der Waals surface area contributed by atoms with Gasteiger partial charge in [-0.05, 0) is 36.0 Å². The minimum atomic E-state index is -0.565. The fraction of sp³-hybridized carbons (Fsp3) is 0.636. The van der Waals surface area contributed by atoms with Gasteiger partial charge in [-0.2, -0.15) is 0 Å². The number of rotatable bonds is 12. The first-order valence-corrected chi connectivity index (χ1v) is 9.95. The van der Waals surface area contributed by atoms with Crippen LogP contribution in [0.3, 0.4) is 0 Å². The second-order valence-electron chi connectivity index (χ2n) is 7.58. The number of ether oxygens (including phenoxy) is 4. The number of cyclic esters (lactones) is 1. The molecule has 1 heterocycles. The summed E-state index contributed by atoms with van der Waals surface area (Å²) >= 11 is 0. The van der Waals surface area contributed by atoms with Gasteiger partial charge in [-0.25, -0.2) is 0 Å². The molecule has 1 aromatic rings. The lowest BCUT2D eigenvalue weighted by atomic mass is 9.84. The largest absolute Gasteiger partial charge is 0.493 e. The molecule has 0 spiro atoms. The fourth-order valence-electron chi connectivity index (χ4n) is 3.33. The lowest BCUT2D eigenvalue weighted by Gasteiger charge is -2.22. The Balaban J connectivity index is 2.02. The minimum absolute atomic E-state index is 0.0223. The van der Waals surface area contributed by atoms with Gasteiger partial charge in [0, 0.05) is 39.4 Å². The highest BCUT2D eigenvalue weighted by molar-refractivity contribution is 5.88. The number of benzene rings is 1. The molecule has 0 radical (unpaired) electrons. The SMILES string of the molecule is COCCCOc1cc(CC(CC(=O)C2CCC(=O)O2)C(C)C)ccc1OC. The topological polar surface area (TPSA) is 71.1 Å². The molecule has 28 heavy (non-hydrogen) atoms. The van der Waals surface area contributed by atoms with Gasteiger partial charge in [0.15, 0.2) is 23.4 Å². The molecule has 1 aliphatic heterocycles. The summed E-state index contributed by atoms with van der Waals surface area (Å²) in [5.41, 5.74) is 1.09. The number of methoxy groups -OCH3 is 2. The van der Waals surface area contributed by atoms with Gasteiger partial charge in [0.25, 0.3) is 0 Å². The van der Waals surface area contributed by atoms with Crippen LogP contribution >= 0.6 is 0 Å². The number of carbonyl (C=O) groups excluding carboxylic acids is 2. The molecular weight excluding hydrogens is 360 g/mol. The molecule has 0 N–H and O–H groups in total. The zero-order valence-electron chi connectivity index (χ0n) is 17.4. The summed E-state index contributed by atoms with van der Waals surface area (Å²) in [7, 11) is 3.29. The highest BCUT2D eigenvalue weighted by atomic mass is 16.6. The van der Waals surface area contributed by atoms with Crippen LogP contribution in [0.1, 0.15) is 45.1 Å². The maximum absolute atomic E-state index is 12.5. The number of carbonyl (C=O) groups is 2. The van der Waals surface area contributed by atoms with Crippen molar-refractivity contribution in [1.82, 2.24) is 0 Å². The average molecular weight is 392 g/mol. The van der Waals surface area contributed by atoms with Gasteiger partial charge in [0.05, 0.1) is 13.7 Å². The Morgan fingerprint density at radius 1 is 1.21 bits per heavy atom. The van der Waals surface area contributed by atoms with Crippen molar-refractivity contribution in [3.63, 3.8) is 0 Å². The number of esters is 1. The van der Waals surface area contributed by atoms with E-state index >= 15 is 0 Å². The molecule has 2 unspecified atom stereocenters. The Bertz CT molecular complexity index is 654. The molecule has 0 aliphatic carbocycles. The van der Waals surface area contributed by atoms with Crippen LogP contribution in [0.15, 0.2) is 18.2 Å². The van der Waals surface area contributed by atoms with Crippen LogP contribution in [0, 0.1) is 11.8 Å². The van der Waals surface area contributed by atoms with E-state index in [-0.39, 0.29) is 17.7 Å². The fourth-order valence-corrected chi connectivity index (χ4v) is 3.33. The molecular formula is C22H32O6. The van der Waals surface area contributed by atoms with Crippen molar-refractivity contribution < 1.29 is 28.5 Å². The number of hydrogen-bond acceptors (Lipinski definition) is 6. The number of hydrogen-bond donors (Lipinski definition) is 0. The van der Waals surface area contributed by atoms with Gasteiger partial charge in [-0.1, -0.05) is 19.9 Å². The quantitative estimate of drug-likeness (QED) is 0.400. The summed E-state index contributed by atoms with van der Waals surface area (Å²) in [4.78, 5) is 23.8. The second-order valence-corrected chi connectivity index (χ2v) is 7.58. The first-order valence-electron chi connectivity index (χ1n) is 9.95. The van der Waals surface area contributed by atoms with Crippen LogP contribution in [-0.4, -0.2) is 45.3 Å². The minimum Gasteiger partial charge on any atom is -0.493 e. The van der Waals surface area contributed by atoms with Crippen molar-refractivity contribution in [2.45, 2.75) is 52.1 Å². The van der Waals surface area contributed by atoms with Gasteiger partial charge < -0.3 is 18.9 Å². The normalized spacial score (nSPS) is 17.5. The average Bonchev–Trinajstić information content (AvgIpc) is 3.11. The summed E-state index contributed by atoms with van der Waals surface area (Å²) in [6.45, 7) is 5.42. The summed E-state index contributed by atoms with van der Waals surface area (Å²) in [5, 5.41) is 0. The highest BCUT2D eigenvalue weighted by Gasteiger charge is 2.31. The molecule has 0 saturated carbocycles. The zero-order chi connectivity index (χ0) is 20.5. The zero-order valence-corrected chi connectivity index (χ0v) is 17.4. The van der Waals surface area contributed by atoms with Crippen molar-refractivity contribution in [1.29, 1.82) is 0 Å². The Labute approximate surface area is 167 Å². The lowest BCUT2D eigenvalue weighted by Crippen LogP contribution is -2.25. The van der Waals surface area contributed by atoms with E-state index in [9.17, 15) is 9.59 Å². The number of Topliss-reactive ketones (excluding diaryl/α,β-unsaturated/α-hetero) is 1. The Morgan fingerprint density at radius 2 is 2.00 bits per heavy atom. The van der Waals surface area contributed by atoms with E-state index in [0.29, 0.717) is 49.9 Å². The van der Waals surface area contributed by atoms with Crippen LogP contribution in [0.25, 0.3) is 0 Å². The molecule has 1 aromatic carbocycles. The van der Waals surface area contributed by atoms with Gasteiger partial charge in [0.2, 0.25) is 0 Å². The van der Waals surface area contributed by atoms with E-state index in [1.807, 2.05) is 18.2 Å². The van der Waals surface area contributed by atoms with E-state index < -0.39 is 6.10 Å². The summed E-state index contributed by atoms with van der Waals surface area (Å²) in [6.07, 6.45) is 2.24. The van der Waals surface area contributed by atoms with E-state index in [1.165, 1.54) is 0 Å². The predicted octanol–water partition coefficient (Wildman–Crippen LogP) is 3.59. The van der Waals surface area contributed by atoms with Crippen LogP contribution in [0.2, 0.25) is 0 Å². The van der Waals surface area contributed by atoms with E-state index in [0.717, 1.165) is 18.4 Å². The van der Waals surface area contributed by atoms with Crippen molar-refractivity contribution in [2.24, 2.45) is 11.8 Å². The molecule has 0 aromatic heterocycles. The molecule has 0 amide bonds. The van der Waals surface area contributed by atoms with Crippen molar-refractivity contribution in [3.8, 4) is 11.5 Å². The van der Waals surface area contributed by atoms with Gasteiger partial charge in [-0.3, -0.25) is 9.59 Å². The molecule has 2 atom stereocenters. The molecule has 6 nitrogen and oxygen atoms in total. The smallest absolute Gasteiger partial charge is 0.306 e. The third-order valence-electron chi connectivity index (χ3n) is 5.13. The van der Waals surface area contributed by atoms with Gasteiger partial charge in [0.1, 0.15) is 0 Å². The first kappa shape index (κ1) is 22.2. The van der Waals surface area contributed by atoms with Crippen LogP contribution < -0.4 is 9.47 Å². The second kappa shape index (κ2) is 11.1. The van der Waals surface area contributed by atoms with Gasteiger partial charge in [-0.15, -0.1) is 0 Å². The Hall–Kier alpha value is -2.08. The van der Waals surface area contributed by atoms with Crippen molar-refractivity contribution in [2.75, 3.05) is 27.4 Å². The van der Waals surface area contributed by atoms with Crippen LogP contribution in [-0.2, 0) is 25.5 Å². The molecule has 0 bridgehead atoms.